The van der Waals surface area contributed by atoms with Gasteiger partial charge in [-0.1, -0.05) is 23.9 Å². The fourth-order valence-electron chi connectivity index (χ4n) is 2.58. The average Bonchev–Trinajstić information content (AvgIpc) is 3.07. The van der Waals surface area contributed by atoms with Crippen molar-refractivity contribution in [2.24, 2.45) is 0 Å². The first-order valence-electron chi connectivity index (χ1n) is 9.01. The molecule has 0 saturated carbocycles. The number of anilines is 1. The number of carbonyl (C=O) groups is 1. The molecule has 0 aliphatic heterocycles. The third kappa shape index (κ3) is 5.28. The maximum atomic E-state index is 13.6. The number of nitro benzene ring substituents is 1. The molecule has 1 heterocycles. The maximum Gasteiger partial charge on any atom is 0.293 e. The predicted molar refractivity (Wildman–Crippen MR) is 113 cm³/mol. The van der Waals surface area contributed by atoms with Crippen molar-refractivity contribution in [2.75, 3.05) is 16.9 Å². The highest BCUT2D eigenvalue weighted by Gasteiger charge is 2.19. The molecule has 0 aliphatic rings. The van der Waals surface area contributed by atoms with Crippen molar-refractivity contribution in [3.63, 3.8) is 0 Å². The SMILES string of the molecule is Cc1cc(NC(=O)CSc2nnc(COc3ccccc3F)n2N)c([N+](=O)[O-])cc1C. The number of nitrogens with one attached hydrogen (secondary N) is 1. The second kappa shape index (κ2) is 9.43. The molecule has 2 aromatic carbocycles. The molecule has 0 unspecified atom stereocenters. The Morgan fingerprint density at radius 3 is 2.71 bits per heavy atom. The Hall–Kier alpha value is -3.67. The van der Waals surface area contributed by atoms with E-state index in [1.54, 1.807) is 32.0 Å². The van der Waals surface area contributed by atoms with Crippen LogP contribution in [0.1, 0.15) is 17.0 Å². The van der Waals surface area contributed by atoms with Crippen LogP contribution in [0, 0.1) is 29.8 Å². The summed E-state index contributed by atoms with van der Waals surface area (Å²) >= 11 is 0.994. The Balaban J connectivity index is 1.61. The van der Waals surface area contributed by atoms with Gasteiger partial charge in [-0.2, -0.15) is 0 Å². The standard InChI is InChI=1S/C19H19FN6O4S/c1-11-7-14(15(26(28)29)8-12(11)2)22-18(27)10-31-19-24-23-17(25(19)21)9-30-16-6-4-3-5-13(16)20/h3-8H,9-10,21H2,1-2H3,(H,22,27). The van der Waals surface area contributed by atoms with Gasteiger partial charge in [-0.25, -0.2) is 9.07 Å². The van der Waals surface area contributed by atoms with Crippen LogP contribution in [-0.4, -0.2) is 31.5 Å². The van der Waals surface area contributed by atoms with Crippen molar-refractivity contribution in [3.05, 3.63) is 69.3 Å². The summed E-state index contributed by atoms with van der Waals surface area (Å²) in [6.07, 6.45) is 0. The van der Waals surface area contributed by atoms with Crippen molar-refractivity contribution >= 4 is 29.0 Å². The minimum atomic E-state index is -0.548. The summed E-state index contributed by atoms with van der Waals surface area (Å²) < 4.78 is 20.1. The molecule has 162 valence electrons. The molecule has 10 nitrogen and oxygen atoms in total. The molecule has 3 aromatic rings. The number of nitro groups is 1. The number of benzene rings is 2. The number of halogens is 1. The zero-order valence-electron chi connectivity index (χ0n) is 16.7. The maximum absolute atomic E-state index is 13.6. The summed E-state index contributed by atoms with van der Waals surface area (Å²) in [6.45, 7) is 3.43. The van der Waals surface area contributed by atoms with Crippen molar-refractivity contribution in [3.8, 4) is 5.75 Å². The van der Waals surface area contributed by atoms with Gasteiger partial charge in [0.2, 0.25) is 11.1 Å². The summed E-state index contributed by atoms with van der Waals surface area (Å²) in [4.78, 5) is 23.0. The van der Waals surface area contributed by atoms with E-state index in [1.165, 1.54) is 18.2 Å². The van der Waals surface area contributed by atoms with E-state index in [1.807, 2.05) is 0 Å². The third-order valence-electron chi connectivity index (χ3n) is 4.34. The first-order valence-corrected chi connectivity index (χ1v) is 9.99. The van der Waals surface area contributed by atoms with Gasteiger partial charge in [0.15, 0.2) is 17.4 Å². The summed E-state index contributed by atoms with van der Waals surface area (Å²) in [6, 6.07) is 8.88. The van der Waals surface area contributed by atoms with Crippen molar-refractivity contribution in [1.29, 1.82) is 0 Å². The van der Waals surface area contributed by atoms with Gasteiger partial charge in [0, 0.05) is 6.07 Å². The van der Waals surface area contributed by atoms with Crippen LogP contribution in [0.2, 0.25) is 0 Å². The van der Waals surface area contributed by atoms with Crippen LogP contribution in [0.15, 0.2) is 41.6 Å². The molecule has 0 radical (unpaired) electrons. The molecule has 0 saturated heterocycles. The molecule has 0 fully saturated rings. The van der Waals surface area contributed by atoms with E-state index in [0.29, 0.717) is 0 Å². The summed E-state index contributed by atoms with van der Waals surface area (Å²) in [5.74, 6) is 5.11. The molecular weight excluding hydrogens is 427 g/mol. The zero-order chi connectivity index (χ0) is 22.5. The molecule has 1 aromatic heterocycles. The number of thioether (sulfide) groups is 1. The van der Waals surface area contributed by atoms with Gasteiger partial charge < -0.3 is 15.9 Å². The lowest BCUT2D eigenvalue weighted by atomic mass is 10.1. The minimum Gasteiger partial charge on any atom is -0.482 e. The normalized spacial score (nSPS) is 10.7. The largest absolute Gasteiger partial charge is 0.482 e. The quantitative estimate of drug-likeness (QED) is 0.233. The third-order valence-corrected chi connectivity index (χ3v) is 5.29. The molecule has 0 bridgehead atoms. The Labute approximate surface area is 180 Å². The number of ether oxygens (including phenoxy) is 1. The Morgan fingerprint density at radius 1 is 1.29 bits per heavy atom. The molecule has 31 heavy (non-hydrogen) atoms. The summed E-state index contributed by atoms with van der Waals surface area (Å²) in [5.41, 5.74) is 1.50. The number of hydrogen-bond donors (Lipinski definition) is 2. The van der Waals surface area contributed by atoms with E-state index in [2.05, 4.69) is 15.5 Å². The van der Waals surface area contributed by atoms with E-state index >= 15 is 0 Å². The van der Waals surface area contributed by atoms with E-state index in [4.69, 9.17) is 10.6 Å². The number of rotatable bonds is 8. The fourth-order valence-corrected chi connectivity index (χ4v) is 3.25. The van der Waals surface area contributed by atoms with Crippen LogP contribution >= 0.6 is 11.8 Å². The Kier molecular flexibility index (Phi) is 6.70. The number of amides is 1. The highest BCUT2D eigenvalue weighted by molar-refractivity contribution is 7.99. The van der Waals surface area contributed by atoms with Gasteiger partial charge >= 0.3 is 0 Å². The number of nitrogens with two attached hydrogens (primary N) is 1. The average molecular weight is 446 g/mol. The van der Waals surface area contributed by atoms with Gasteiger partial charge in [-0.3, -0.25) is 14.9 Å². The molecule has 0 atom stereocenters. The number of aromatic nitrogens is 3. The summed E-state index contributed by atoms with van der Waals surface area (Å²) in [5, 5.41) is 21.8. The minimum absolute atomic E-state index is 0.0501. The second-order valence-electron chi connectivity index (χ2n) is 6.54. The molecule has 3 rings (SSSR count). The number of hydrogen-bond acceptors (Lipinski definition) is 8. The lowest BCUT2D eigenvalue weighted by Gasteiger charge is -2.09. The Morgan fingerprint density at radius 2 is 2.00 bits per heavy atom. The first-order chi connectivity index (χ1) is 14.8. The van der Waals surface area contributed by atoms with E-state index in [-0.39, 0.29) is 40.5 Å². The Bertz CT molecular complexity index is 1140. The van der Waals surface area contributed by atoms with Crippen LogP contribution in [0.4, 0.5) is 15.8 Å². The van der Waals surface area contributed by atoms with E-state index in [9.17, 15) is 19.3 Å². The van der Waals surface area contributed by atoms with E-state index < -0.39 is 16.6 Å². The van der Waals surface area contributed by atoms with Gasteiger partial charge in [0.1, 0.15) is 12.3 Å². The number of para-hydroxylation sites is 1. The van der Waals surface area contributed by atoms with Crippen molar-refractivity contribution in [2.45, 2.75) is 25.6 Å². The van der Waals surface area contributed by atoms with Gasteiger partial charge in [-0.05, 0) is 43.2 Å². The van der Waals surface area contributed by atoms with Gasteiger partial charge in [0.25, 0.3) is 5.69 Å². The molecule has 0 aliphatic carbocycles. The van der Waals surface area contributed by atoms with Crippen LogP contribution in [0.3, 0.4) is 0 Å². The molecule has 3 N–H and O–H groups in total. The molecule has 1 amide bonds. The van der Waals surface area contributed by atoms with Crippen LogP contribution in [0.25, 0.3) is 0 Å². The van der Waals surface area contributed by atoms with Crippen LogP contribution in [-0.2, 0) is 11.4 Å². The molecule has 0 spiro atoms. The number of aryl methyl sites for hydroxylation is 2. The fraction of sp³-hybridized carbons (Fsp3) is 0.211. The van der Waals surface area contributed by atoms with Gasteiger partial charge in [0.05, 0.1) is 10.7 Å². The van der Waals surface area contributed by atoms with Gasteiger partial charge in [-0.15, -0.1) is 10.2 Å². The topological polar surface area (TPSA) is 138 Å². The number of nitrogens with zero attached hydrogens (tertiary/aromatic N) is 4. The first kappa shape index (κ1) is 22.0. The highest BCUT2D eigenvalue weighted by Crippen LogP contribution is 2.28. The van der Waals surface area contributed by atoms with Crippen molar-refractivity contribution < 1.29 is 18.8 Å². The van der Waals surface area contributed by atoms with E-state index in [0.717, 1.165) is 27.6 Å². The number of nitrogen functional groups attached to an aromatic ring is 1. The predicted octanol–water partition coefficient (Wildman–Crippen LogP) is 2.97. The van der Waals surface area contributed by atoms with Crippen molar-refractivity contribution in [1.82, 2.24) is 14.9 Å². The molecule has 12 heteroatoms. The zero-order valence-corrected chi connectivity index (χ0v) is 17.5. The number of carbonyl (C=O) groups excluding carboxylic acids is 1. The monoisotopic (exact) mass is 446 g/mol. The smallest absolute Gasteiger partial charge is 0.293 e. The van der Waals surface area contributed by atoms with Crippen LogP contribution < -0.4 is 15.9 Å². The molecular formula is C19H19FN6O4S. The second-order valence-corrected chi connectivity index (χ2v) is 7.48. The van der Waals surface area contributed by atoms with Crippen LogP contribution in [0.5, 0.6) is 5.75 Å². The lowest BCUT2D eigenvalue weighted by Crippen LogP contribution is -2.18. The summed E-state index contributed by atoms with van der Waals surface area (Å²) in [7, 11) is 0. The lowest BCUT2D eigenvalue weighted by molar-refractivity contribution is -0.384. The highest BCUT2D eigenvalue weighted by atomic mass is 32.2.